The van der Waals surface area contributed by atoms with E-state index in [4.69, 9.17) is 9.47 Å². The number of allylic oxidation sites excluding steroid dienone is 1. The highest BCUT2D eigenvalue weighted by molar-refractivity contribution is 6.01. The van der Waals surface area contributed by atoms with E-state index in [1.165, 1.54) is 6.92 Å². The minimum Gasteiger partial charge on any atom is -0.459 e. The largest absolute Gasteiger partial charge is 0.459 e. The van der Waals surface area contributed by atoms with E-state index in [0.29, 0.717) is 25.1 Å². The zero-order valence-corrected chi connectivity index (χ0v) is 15.8. The number of carbonyl (C=O) groups is 3. The standard InChI is InChI=1S/C19H27NO6/c1-5-13-10-12(2)19(3,24)18(23)25-11-14-6-8-20(4)9-7-15(16(14)21)26-17(13)22/h5-6,12,15,24H,7-11H2,1-4H3/b13-5?,14-6-/t12-,15-,19+/m1/s1. The quantitative estimate of drug-likeness (QED) is 0.506. The molecule has 0 radical (unpaired) electrons. The second-order valence-electron chi connectivity index (χ2n) is 7.18. The molecule has 1 fully saturated rings. The Morgan fingerprint density at radius 2 is 2.04 bits per heavy atom. The van der Waals surface area contributed by atoms with Gasteiger partial charge in [-0.3, -0.25) is 4.79 Å². The van der Waals surface area contributed by atoms with Gasteiger partial charge in [0, 0.05) is 30.7 Å². The summed E-state index contributed by atoms with van der Waals surface area (Å²) >= 11 is 0. The zero-order chi connectivity index (χ0) is 19.5. The van der Waals surface area contributed by atoms with Crippen LogP contribution in [0, 0.1) is 5.92 Å². The first-order valence-corrected chi connectivity index (χ1v) is 8.84. The first-order chi connectivity index (χ1) is 12.2. The highest BCUT2D eigenvalue weighted by atomic mass is 16.6. The molecule has 0 aromatic heterocycles. The van der Waals surface area contributed by atoms with E-state index < -0.39 is 29.6 Å². The SMILES string of the molecule is CC=C1C[C@@H](C)[C@](C)(O)C(=O)OC/C2=C/CN(C)CC[C@@H](OC1=O)C2=O. The Morgan fingerprint density at radius 3 is 2.69 bits per heavy atom. The summed E-state index contributed by atoms with van der Waals surface area (Å²) in [5.74, 6) is -2.32. The van der Waals surface area contributed by atoms with Crippen LogP contribution in [-0.2, 0) is 23.9 Å². The molecule has 0 spiro atoms. The Labute approximate surface area is 153 Å². The van der Waals surface area contributed by atoms with Crippen LogP contribution in [0.4, 0.5) is 0 Å². The minimum absolute atomic E-state index is 0.140. The van der Waals surface area contributed by atoms with Gasteiger partial charge >= 0.3 is 11.9 Å². The average molecular weight is 365 g/mol. The van der Waals surface area contributed by atoms with Crippen LogP contribution in [0.3, 0.4) is 0 Å². The number of esters is 2. The molecule has 7 heteroatoms. The molecule has 26 heavy (non-hydrogen) atoms. The van der Waals surface area contributed by atoms with Crippen molar-refractivity contribution in [2.75, 3.05) is 26.7 Å². The zero-order valence-electron chi connectivity index (χ0n) is 15.8. The second kappa shape index (κ2) is 8.14. The molecule has 2 rings (SSSR count). The Kier molecular flexibility index (Phi) is 6.36. The van der Waals surface area contributed by atoms with Crippen molar-refractivity contribution in [3.05, 3.63) is 23.3 Å². The number of aliphatic hydroxyl groups is 1. The van der Waals surface area contributed by atoms with E-state index >= 15 is 0 Å². The summed E-state index contributed by atoms with van der Waals surface area (Å²) in [6, 6.07) is 0. The number of carbonyl (C=O) groups excluding carboxylic acids is 3. The number of Topliss-reactive ketones (excluding diaryl/α,β-unsaturated/α-hetero) is 1. The third kappa shape index (κ3) is 4.40. The average Bonchev–Trinajstić information content (AvgIpc) is 2.59. The van der Waals surface area contributed by atoms with Crippen molar-refractivity contribution in [1.29, 1.82) is 0 Å². The molecular weight excluding hydrogens is 338 g/mol. The number of nitrogens with zero attached hydrogens (tertiary/aromatic N) is 1. The lowest BCUT2D eigenvalue weighted by molar-refractivity contribution is -0.169. The van der Waals surface area contributed by atoms with Gasteiger partial charge in [0.25, 0.3) is 0 Å². The highest BCUT2D eigenvalue weighted by Crippen LogP contribution is 2.27. The van der Waals surface area contributed by atoms with Crippen molar-refractivity contribution in [1.82, 2.24) is 4.90 Å². The van der Waals surface area contributed by atoms with Gasteiger partial charge in [-0.15, -0.1) is 0 Å². The number of likely N-dealkylation sites (N-methyl/N-ethyl adjacent to an activating group) is 1. The molecule has 0 aromatic carbocycles. The van der Waals surface area contributed by atoms with E-state index in [1.54, 1.807) is 26.0 Å². The molecule has 0 amide bonds. The van der Waals surface area contributed by atoms with Crippen LogP contribution in [0.5, 0.6) is 0 Å². The summed E-state index contributed by atoms with van der Waals surface area (Å²) in [5, 5.41) is 10.6. The Balaban J connectivity index is 2.42. The third-order valence-electron chi connectivity index (χ3n) is 5.15. The van der Waals surface area contributed by atoms with E-state index in [2.05, 4.69) is 0 Å². The normalized spacial score (nSPS) is 36.0. The fraction of sp³-hybridized carbons (Fsp3) is 0.632. The first-order valence-electron chi connectivity index (χ1n) is 8.84. The summed E-state index contributed by atoms with van der Waals surface area (Å²) < 4.78 is 10.7. The molecular formula is C19H27NO6. The van der Waals surface area contributed by atoms with Gasteiger partial charge in [0.1, 0.15) is 6.61 Å². The molecule has 3 atom stereocenters. The molecule has 0 unspecified atom stereocenters. The van der Waals surface area contributed by atoms with Crippen molar-refractivity contribution in [2.45, 2.75) is 45.3 Å². The lowest BCUT2D eigenvalue weighted by atomic mass is 9.85. The molecule has 2 aliphatic rings. The number of ketones is 1. The summed E-state index contributed by atoms with van der Waals surface area (Å²) in [6.07, 6.45) is 2.86. The van der Waals surface area contributed by atoms with Crippen molar-refractivity contribution in [3.63, 3.8) is 0 Å². The number of hydrogen-bond acceptors (Lipinski definition) is 7. The Bertz CT molecular complexity index is 648. The molecule has 0 aromatic rings. The molecule has 2 aliphatic heterocycles. The highest BCUT2D eigenvalue weighted by Gasteiger charge is 2.40. The molecule has 0 aliphatic carbocycles. The van der Waals surface area contributed by atoms with Crippen LogP contribution >= 0.6 is 0 Å². The Morgan fingerprint density at radius 1 is 1.35 bits per heavy atom. The summed E-state index contributed by atoms with van der Waals surface area (Å²) in [4.78, 5) is 39.7. The molecule has 1 saturated heterocycles. The maximum Gasteiger partial charge on any atom is 0.338 e. The summed E-state index contributed by atoms with van der Waals surface area (Å²) in [5.41, 5.74) is -1.19. The van der Waals surface area contributed by atoms with Crippen molar-refractivity contribution in [2.24, 2.45) is 5.92 Å². The maximum absolute atomic E-state index is 12.8. The fourth-order valence-corrected chi connectivity index (χ4v) is 2.92. The van der Waals surface area contributed by atoms with Crippen LogP contribution < -0.4 is 0 Å². The van der Waals surface area contributed by atoms with E-state index in [9.17, 15) is 19.5 Å². The van der Waals surface area contributed by atoms with Gasteiger partial charge in [0.2, 0.25) is 5.78 Å². The summed E-state index contributed by atoms with van der Waals surface area (Å²) in [7, 11) is 1.89. The molecule has 7 nitrogen and oxygen atoms in total. The van der Waals surface area contributed by atoms with Gasteiger partial charge in [0.15, 0.2) is 11.7 Å². The lowest BCUT2D eigenvalue weighted by Crippen LogP contribution is -2.45. The number of rotatable bonds is 0. The van der Waals surface area contributed by atoms with Crippen molar-refractivity contribution in [3.8, 4) is 0 Å². The molecule has 1 N–H and O–H groups in total. The van der Waals surface area contributed by atoms with Gasteiger partial charge in [-0.2, -0.15) is 0 Å². The first kappa shape index (κ1) is 20.3. The second-order valence-corrected chi connectivity index (χ2v) is 7.18. The van der Waals surface area contributed by atoms with Crippen LogP contribution in [-0.4, -0.2) is 66.2 Å². The lowest BCUT2D eigenvalue weighted by Gasteiger charge is -2.31. The van der Waals surface area contributed by atoms with Crippen molar-refractivity contribution >= 4 is 17.7 Å². The van der Waals surface area contributed by atoms with Crippen LogP contribution in [0.15, 0.2) is 23.3 Å². The topological polar surface area (TPSA) is 93.1 Å². The smallest absolute Gasteiger partial charge is 0.338 e. The van der Waals surface area contributed by atoms with Crippen LogP contribution in [0.1, 0.15) is 33.6 Å². The molecule has 2 bridgehead atoms. The van der Waals surface area contributed by atoms with Gasteiger partial charge in [0.05, 0.1) is 0 Å². The van der Waals surface area contributed by atoms with Gasteiger partial charge in [-0.25, -0.2) is 9.59 Å². The molecule has 2 heterocycles. The van der Waals surface area contributed by atoms with Gasteiger partial charge in [-0.05, 0) is 33.2 Å². The molecule has 144 valence electrons. The van der Waals surface area contributed by atoms with Gasteiger partial charge in [-0.1, -0.05) is 19.1 Å². The monoisotopic (exact) mass is 365 g/mol. The van der Waals surface area contributed by atoms with Gasteiger partial charge < -0.3 is 19.5 Å². The summed E-state index contributed by atoms with van der Waals surface area (Å²) in [6.45, 7) is 5.58. The number of hydrogen-bond donors (Lipinski definition) is 1. The van der Waals surface area contributed by atoms with Crippen LogP contribution in [0.2, 0.25) is 0 Å². The fourth-order valence-electron chi connectivity index (χ4n) is 2.92. The van der Waals surface area contributed by atoms with Crippen molar-refractivity contribution < 1.29 is 29.0 Å². The van der Waals surface area contributed by atoms with E-state index in [1.807, 2.05) is 11.9 Å². The third-order valence-corrected chi connectivity index (χ3v) is 5.15. The van der Waals surface area contributed by atoms with Crippen LogP contribution in [0.25, 0.3) is 0 Å². The van der Waals surface area contributed by atoms with E-state index in [0.717, 1.165) is 0 Å². The maximum atomic E-state index is 12.8. The van der Waals surface area contributed by atoms with E-state index in [-0.39, 0.29) is 24.4 Å². The number of fused-ring (bicyclic) bond motifs is 2. The Hall–Kier alpha value is -1.99. The minimum atomic E-state index is -1.78. The predicted octanol–water partition coefficient (Wildman–Crippen LogP) is 1.01. The predicted molar refractivity (Wildman–Crippen MR) is 94.2 cm³/mol. The molecule has 0 saturated carbocycles. The number of ether oxygens (including phenoxy) is 2. The number of cyclic esters (lactones) is 1.